The number of allylic oxidation sites excluding steroid dienone is 1. The number of rotatable bonds is 21. The predicted octanol–water partition coefficient (Wildman–Crippen LogP) is 8.25. The monoisotopic (exact) mass is 444 g/mol. The van der Waals surface area contributed by atoms with Crippen LogP contribution in [0.1, 0.15) is 116 Å². The molecule has 0 saturated carbocycles. The Morgan fingerprint density at radius 1 is 0.656 bits per heavy atom. The molecule has 1 rings (SSSR count). The number of carbonyl (C=O) groups excluding carboxylic acids is 1. The van der Waals surface area contributed by atoms with E-state index in [0.29, 0.717) is 12.2 Å². The molecular weight excluding hydrogens is 400 g/mol. The van der Waals surface area contributed by atoms with E-state index in [9.17, 15) is 9.59 Å². The van der Waals surface area contributed by atoms with Gasteiger partial charge in [0.2, 0.25) is 0 Å². The van der Waals surface area contributed by atoms with Gasteiger partial charge in [-0.3, -0.25) is 4.79 Å². The first-order valence-electron chi connectivity index (χ1n) is 12.8. The van der Waals surface area contributed by atoms with Gasteiger partial charge < -0.3 is 9.84 Å². The molecule has 0 aromatic heterocycles. The van der Waals surface area contributed by atoms with E-state index in [1.54, 1.807) is 12.1 Å². The summed E-state index contributed by atoms with van der Waals surface area (Å²) in [5.74, 6) is -0.383. The van der Waals surface area contributed by atoms with Crippen molar-refractivity contribution >= 4 is 11.9 Å². The number of carbonyl (C=O) groups is 2. The quantitative estimate of drug-likeness (QED) is 0.0897. The number of esters is 1. The molecule has 0 aliphatic heterocycles. The van der Waals surface area contributed by atoms with E-state index in [0.717, 1.165) is 25.7 Å². The van der Waals surface area contributed by atoms with Crippen LogP contribution in [-0.2, 0) is 9.59 Å². The minimum atomic E-state index is -0.669. The largest absolute Gasteiger partial charge is 0.481 e. The fourth-order valence-electron chi connectivity index (χ4n) is 3.83. The Bertz CT molecular complexity index is 609. The molecule has 180 valence electrons. The fourth-order valence-corrected chi connectivity index (χ4v) is 3.83. The second-order valence-corrected chi connectivity index (χ2v) is 8.73. The molecule has 1 N–H and O–H groups in total. The van der Waals surface area contributed by atoms with E-state index in [1.165, 1.54) is 89.5 Å². The molecule has 4 nitrogen and oxygen atoms in total. The summed E-state index contributed by atoms with van der Waals surface area (Å²) in [4.78, 5) is 22.1. The molecule has 0 aliphatic carbocycles. The van der Waals surface area contributed by atoms with Crippen molar-refractivity contribution in [2.75, 3.05) is 0 Å². The number of para-hydroxylation sites is 1. The summed E-state index contributed by atoms with van der Waals surface area (Å²) < 4.78 is 5.22. The van der Waals surface area contributed by atoms with Crippen LogP contribution >= 0.6 is 0 Å². The molecule has 0 bridgehead atoms. The molecule has 0 aliphatic rings. The van der Waals surface area contributed by atoms with E-state index >= 15 is 0 Å². The Kier molecular flexibility index (Phi) is 18.1. The van der Waals surface area contributed by atoms with Crippen LogP contribution in [-0.4, -0.2) is 17.0 Å². The molecule has 0 spiro atoms. The summed E-state index contributed by atoms with van der Waals surface area (Å²) in [5, 5.41) is 8.59. The van der Waals surface area contributed by atoms with E-state index in [-0.39, 0.29) is 5.97 Å². The van der Waals surface area contributed by atoms with Crippen molar-refractivity contribution in [3.63, 3.8) is 0 Å². The fraction of sp³-hybridized carbons (Fsp3) is 0.643. The number of benzene rings is 1. The number of ether oxygens (including phenoxy) is 1. The van der Waals surface area contributed by atoms with Gasteiger partial charge in [0, 0.05) is 12.5 Å². The van der Waals surface area contributed by atoms with Crippen LogP contribution < -0.4 is 4.74 Å². The molecule has 32 heavy (non-hydrogen) atoms. The first-order valence-corrected chi connectivity index (χ1v) is 12.8. The lowest BCUT2D eigenvalue weighted by molar-refractivity contribution is -0.137. The minimum absolute atomic E-state index is 0.302. The van der Waals surface area contributed by atoms with Gasteiger partial charge in [0.1, 0.15) is 5.75 Å². The Balaban J connectivity index is 1.75. The lowest BCUT2D eigenvalue weighted by atomic mass is 10.0. The van der Waals surface area contributed by atoms with Gasteiger partial charge in [0.05, 0.1) is 0 Å². The Morgan fingerprint density at radius 2 is 1.09 bits per heavy atom. The maximum absolute atomic E-state index is 11.7. The van der Waals surface area contributed by atoms with Crippen molar-refractivity contribution in [1.82, 2.24) is 0 Å². The van der Waals surface area contributed by atoms with Gasteiger partial charge in [-0.1, -0.05) is 114 Å². The number of carboxylic acids is 1. The highest BCUT2D eigenvalue weighted by Crippen LogP contribution is 2.14. The Hall–Kier alpha value is -2.10. The van der Waals surface area contributed by atoms with Crippen LogP contribution in [0.5, 0.6) is 5.75 Å². The topological polar surface area (TPSA) is 63.6 Å². The SMILES string of the molecule is O=C(O)CCCCCCCCCCCCCCCCCCC=CC(=O)Oc1ccccc1. The van der Waals surface area contributed by atoms with E-state index in [4.69, 9.17) is 9.84 Å². The highest BCUT2D eigenvalue weighted by atomic mass is 16.5. The summed E-state index contributed by atoms with van der Waals surface area (Å²) >= 11 is 0. The summed E-state index contributed by atoms with van der Waals surface area (Å²) in [6.45, 7) is 0. The second kappa shape index (κ2) is 20.8. The van der Waals surface area contributed by atoms with Gasteiger partial charge in [0.15, 0.2) is 0 Å². The molecular formula is C28H44O4. The summed E-state index contributed by atoms with van der Waals surface area (Å²) in [6.07, 6.45) is 24.8. The van der Waals surface area contributed by atoms with Gasteiger partial charge in [0.25, 0.3) is 0 Å². The van der Waals surface area contributed by atoms with Crippen LogP contribution in [0.3, 0.4) is 0 Å². The summed E-state index contributed by atoms with van der Waals surface area (Å²) in [7, 11) is 0. The van der Waals surface area contributed by atoms with Crippen LogP contribution in [0.15, 0.2) is 42.5 Å². The van der Waals surface area contributed by atoms with Gasteiger partial charge in [-0.2, -0.15) is 0 Å². The van der Waals surface area contributed by atoms with Gasteiger partial charge >= 0.3 is 11.9 Å². The number of unbranched alkanes of at least 4 members (excludes halogenated alkanes) is 16. The van der Waals surface area contributed by atoms with Gasteiger partial charge in [-0.15, -0.1) is 0 Å². The van der Waals surface area contributed by atoms with Crippen molar-refractivity contribution in [2.24, 2.45) is 0 Å². The highest BCUT2D eigenvalue weighted by molar-refractivity contribution is 5.83. The molecule has 0 atom stereocenters. The average Bonchev–Trinajstić information content (AvgIpc) is 2.78. The molecule has 0 amide bonds. The average molecular weight is 445 g/mol. The Morgan fingerprint density at radius 3 is 1.56 bits per heavy atom. The molecule has 4 heteroatoms. The van der Waals surface area contributed by atoms with Crippen LogP contribution in [0.2, 0.25) is 0 Å². The second-order valence-electron chi connectivity index (χ2n) is 8.73. The molecule has 0 heterocycles. The Labute approximate surface area is 195 Å². The lowest BCUT2D eigenvalue weighted by Gasteiger charge is -2.03. The van der Waals surface area contributed by atoms with Crippen molar-refractivity contribution in [3.05, 3.63) is 42.5 Å². The molecule has 0 radical (unpaired) electrons. The molecule has 1 aromatic carbocycles. The number of hydrogen-bond donors (Lipinski definition) is 1. The van der Waals surface area contributed by atoms with Crippen LogP contribution in [0.25, 0.3) is 0 Å². The molecule has 0 fully saturated rings. The summed E-state index contributed by atoms with van der Waals surface area (Å²) in [6, 6.07) is 9.16. The molecule has 0 unspecified atom stereocenters. The van der Waals surface area contributed by atoms with E-state index < -0.39 is 5.97 Å². The zero-order valence-corrected chi connectivity index (χ0v) is 19.9. The number of carboxylic acid groups (broad SMARTS) is 1. The van der Waals surface area contributed by atoms with Crippen molar-refractivity contribution in [3.8, 4) is 5.75 Å². The van der Waals surface area contributed by atoms with E-state index in [1.807, 2.05) is 24.3 Å². The third-order valence-corrected chi connectivity index (χ3v) is 5.73. The first-order chi connectivity index (χ1) is 15.7. The predicted molar refractivity (Wildman–Crippen MR) is 132 cm³/mol. The smallest absolute Gasteiger partial charge is 0.335 e. The zero-order chi connectivity index (χ0) is 23.1. The standard InChI is InChI=1S/C28H44O4/c29-27(30)24-20-15-13-11-9-7-5-3-1-2-4-6-8-10-12-14-16-21-25-28(31)32-26-22-18-17-19-23-26/h17-19,21-23,25H,1-16,20,24H2,(H,29,30). The van der Waals surface area contributed by atoms with Crippen molar-refractivity contribution in [2.45, 2.75) is 116 Å². The number of hydrogen-bond acceptors (Lipinski definition) is 3. The van der Waals surface area contributed by atoms with Gasteiger partial charge in [-0.25, -0.2) is 4.79 Å². The maximum atomic E-state index is 11.7. The van der Waals surface area contributed by atoms with Crippen molar-refractivity contribution < 1.29 is 19.4 Å². The lowest BCUT2D eigenvalue weighted by Crippen LogP contribution is -2.03. The maximum Gasteiger partial charge on any atom is 0.335 e. The third kappa shape index (κ3) is 18.7. The van der Waals surface area contributed by atoms with Crippen LogP contribution in [0, 0.1) is 0 Å². The zero-order valence-electron chi connectivity index (χ0n) is 19.9. The van der Waals surface area contributed by atoms with Crippen molar-refractivity contribution in [1.29, 1.82) is 0 Å². The minimum Gasteiger partial charge on any atom is -0.481 e. The molecule has 1 aromatic rings. The summed E-state index contributed by atoms with van der Waals surface area (Å²) in [5.41, 5.74) is 0. The first kappa shape index (κ1) is 27.9. The molecule has 0 saturated heterocycles. The number of aliphatic carboxylic acids is 1. The van der Waals surface area contributed by atoms with E-state index in [2.05, 4.69) is 0 Å². The van der Waals surface area contributed by atoms with Crippen LogP contribution in [0.4, 0.5) is 0 Å². The normalized spacial score (nSPS) is 11.1. The highest BCUT2D eigenvalue weighted by Gasteiger charge is 1.99. The van der Waals surface area contributed by atoms with Gasteiger partial charge in [-0.05, 0) is 31.4 Å². The third-order valence-electron chi connectivity index (χ3n) is 5.73.